The highest BCUT2D eigenvalue weighted by Crippen LogP contribution is 2.38. The summed E-state index contributed by atoms with van der Waals surface area (Å²) in [6.45, 7) is 3.23. The first kappa shape index (κ1) is 21.6. The Kier molecular flexibility index (Phi) is 6.90. The molecule has 0 aliphatic carbocycles. The zero-order valence-corrected chi connectivity index (χ0v) is 15.5. The second kappa shape index (κ2) is 8.97. The van der Waals surface area contributed by atoms with Gasteiger partial charge in [-0.1, -0.05) is 30.3 Å². The summed E-state index contributed by atoms with van der Waals surface area (Å²) >= 11 is 0. The molecule has 28 heavy (non-hydrogen) atoms. The summed E-state index contributed by atoms with van der Waals surface area (Å²) in [6.07, 6.45) is -4.98. The van der Waals surface area contributed by atoms with Gasteiger partial charge in [0.05, 0.1) is 19.8 Å². The first-order chi connectivity index (χ1) is 13.2. The molecule has 0 saturated carbocycles. The van der Waals surface area contributed by atoms with E-state index in [1.54, 1.807) is 13.8 Å². The highest BCUT2D eigenvalue weighted by atomic mass is 19.4. The van der Waals surface area contributed by atoms with E-state index in [2.05, 4.69) is 5.32 Å². The molecule has 0 fully saturated rings. The topological polar surface area (TPSA) is 67.8 Å². The molecule has 0 radical (unpaired) electrons. The van der Waals surface area contributed by atoms with Crippen molar-refractivity contribution in [1.29, 1.82) is 0 Å². The number of hydrogen-bond donors (Lipinski definition) is 2. The SMILES string of the molecule is CCOc1ccc(C(=O)NCC(O)(c2ccccc2)C(F)(F)F)cc1OCC. The molecule has 0 saturated heterocycles. The summed E-state index contributed by atoms with van der Waals surface area (Å²) in [6, 6.07) is 10.9. The summed E-state index contributed by atoms with van der Waals surface area (Å²) in [7, 11) is 0. The average Bonchev–Trinajstić information content (AvgIpc) is 2.67. The van der Waals surface area contributed by atoms with Crippen molar-refractivity contribution < 1.29 is 32.5 Å². The lowest BCUT2D eigenvalue weighted by Crippen LogP contribution is -2.51. The van der Waals surface area contributed by atoms with E-state index in [-0.39, 0.29) is 11.1 Å². The molecule has 2 aromatic carbocycles. The van der Waals surface area contributed by atoms with Gasteiger partial charge in [0, 0.05) is 5.56 Å². The van der Waals surface area contributed by atoms with Crippen molar-refractivity contribution in [2.24, 2.45) is 0 Å². The van der Waals surface area contributed by atoms with E-state index in [9.17, 15) is 23.1 Å². The van der Waals surface area contributed by atoms with Crippen LogP contribution in [0.4, 0.5) is 13.2 Å². The summed E-state index contributed by atoms with van der Waals surface area (Å²) in [5, 5.41) is 12.4. The number of alkyl halides is 3. The normalized spacial score (nSPS) is 13.5. The molecule has 2 aromatic rings. The first-order valence-electron chi connectivity index (χ1n) is 8.75. The standard InChI is InChI=1S/C20H22F3NO4/c1-3-27-16-11-10-14(12-17(16)28-4-2)18(25)24-13-19(26,20(21,22)23)15-8-6-5-7-9-15/h5-12,26H,3-4,13H2,1-2H3,(H,24,25). The van der Waals surface area contributed by atoms with E-state index in [4.69, 9.17) is 9.47 Å². The van der Waals surface area contributed by atoms with Crippen LogP contribution in [0.25, 0.3) is 0 Å². The van der Waals surface area contributed by atoms with E-state index in [0.717, 1.165) is 12.1 Å². The number of aliphatic hydroxyl groups is 1. The molecule has 2 rings (SSSR count). The van der Waals surface area contributed by atoms with Gasteiger partial charge in [0.25, 0.3) is 5.91 Å². The van der Waals surface area contributed by atoms with Gasteiger partial charge in [-0.05, 0) is 37.6 Å². The fourth-order valence-electron chi connectivity index (χ4n) is 2.58. The Bertz CT molecular complexity index is 796. The number of ether oxygens (including phenoxy) is 2. The van der Waals surface area contributed by atoms with Gasteiger partial charge in [0.2, 0.25) is 5.60 Å². The highest BCUT2D eigenvalue weighted by molar-refractivity contribution is 5.95. The molecule has 0 spiro atoms. The Morgan fingerprint density at radius 1 is 1.00 bits per heavy atom. The molecular weight excluding hydrogens is 375 g/mol. The number of carbonyl (C=O) groups is 1. The van der Waals surface area contributed by atoms with Crippen LogP contribution in [-0.2, 0) is 5.60 Å². The van der Waals surface area contributed by atoms with Crippen LogP contribution in [-0.4, -0.2) is 36.9 Å². The van der Waals surface area contributed by atoms with Gasteiger partial charge in [0.1, 0.15) is 0 Å². The van der Waals surface area contributed by atoms with Gasteiger partial charge in [-0.15, -0.1) is 0 Å². The molecular formula is C20H22F3NO4. The molecule has 2 N–H and O–H groups in total. The maximum atomic E-state index is 13.5. The highest BCUT2D eigenvalue weighted by Gasteiger charge is 2.55. The van der Waals surface area contributed by atoms with Crippen molar-refractivity contribution in [3.63, 3.8) is 0 Å². The van der Waals surface area contributed by atoms with E-state index in [1.807, 2.05) is 0 Å². The van der Waals surface area contributed by atoms with Crippen LogP contribution in [0.3, 0.4) is 0 Å². The number of carbonyl (C=O) groups excluding carboxylic acids is 1. The Hall–Kier alpha value is -2.74. The van der Waals surface area contributed by atoms with Crippen LogP contribution < -0.4 is 14.8 Å². The monoisotopic (exact) mass is 397 g/mol. The molecule has 0 aliphatic heterocycles. The van der Waals surface area contributed by atoms with E-state index in [0.29, 0.717) is 24.7 Å². The van der Waals surface area contributed by atoms with Crippen LogP contribution in [0.2, 0.25) is 0 Å². The van der Waals surface area contributed by atoms with Crippen molar-refractivity contribution in [3.05, 3.63) is 59.7 Å². The molecule has 0 heterocycles. The van der Waals surface area contributed by atoms with Crippen molar-refractivity contribution in [1.82, 2.24) is 5.32 Å². The number of nitrogens with one attached hydrogen (secondary N) is 1. The van der Waals surface area contributed by atoms with E-state index >= 15 is 0 Å². The lowest BCUT2D eigenvalue weighted by Gasteiger charge is -2.31. The van der Waals surface area contributed by atoms with Gasteiger partial charge >= 0.3 is 6.18 Å². The maximum absolute atomic E-state index is 13.5. The maximum Gasteiger partial charge on any atom is 0.423 e. The average molecular weight is 397 g/mol. The summed E-state index contributed by atoms with van der Waals surface area (Å²) < 4.78 is 51.3. The Morgan fingerprint density at radius 2 is 1.61 bits per heavy atom. The Morgan fingerprint density at radius 3 is 2.18 bits per heavy atom. The zero-order valence-electron chi connectivity index (χ0n) is 15.5. The molecule has 8 heteroatoms. The van der Waals surface area contributed by atoms with Crippen molar-refractivity contribution in [3.8, 4) is 11.5 Å². The van der Waals surface area contributed by atoms with Crippen LogP contribution in [0.5, 0.6) is 11.5 Å². The third-order valence-corrected chi connectivity index (χ3v) is 4.03. The number of benzene rings is 2. The van der Waals surface area contributed by atoms with Crippen molar-refractivity contribution in [2.75, 3.05) is 19.8 Å². The summed E-state index contributed by atoms with van der Waals surface area (Å²) in [4.78, 5) is 12.4. The van der Waals surface area contributed by atoms with Gasteiger partial charge in [0.15, 0.2) is 11.5 Å². The summed E-state index contributed by atoms with van der Waals surface area (Å²) in [5.41, 5.74) is -3.48. The Balaban J connectivity index is 2.22. The van der Waals surface area contributed by atoms with Gasteiger partial charge < -0.3 is 19.9 Å². The number of rotatable bonds is 8. The first-order valence-corrected chi connectivity index (χ1v) is 8.75. The minimum Gasteiger partial charge on any atom is -0.490 e. The zero-order chi connectivity index (χ0) is 20.8. The molecule has 152 valence electrons. The molecule has 5 nitrogen and oxygen atoms in total. The molecule has 0 aromatic heterocycles. The smallest absolute Gasteiger partial charge is 0.423 e. The van der Waals surface area contributed by atoms with E-state index < -0.39 is 24.2 Å². The number of halogens is 3. The largest absolute Gasteiger partial charge is 0.490 e. The fraction of sp³-hybridized carbons (Fsp3) is 0.350. The predicted octanol–water partition coefficient (Wildman–Crippen LogP) is 3.66. The molecule has 1 amide bonds. The fourth-order valence-corrected chi connectivity index (χ4v) is 2.58. The summed E-state index contributed by atoms with van der Waals surface area (Å²) in [5.74, 6) is -0.0364. The van der Waals surface area contributed by atoms with Gasteiger partial charge in [-0.3, -0.25) is 4.79 Å². The van der Waals surface area contributed by atoms with Crippen molar-refractivity contribution >= 4 is 5.91 Å². The minimum absolute atomic E-state index is 0.0875. The van der Waals surface area contributed by atoms with Crippen LogP contribution >= 0.6 is 0 Å². The lowest BCUT2D eigenvalue weighted by atomic mass is 9.93. The molecule has 0 aliphatic rings. The molecule has 0 bridgehead atoms. The third kappa shape index (κ3) is 4.75. The number of hydrogen-bond acceptors (Lipinski definition) is 4. The van der Waals surface area contributed by atoms with Crippen LogP contribution in [0.1, 0.15) is 29.8 Å². The lowest BCUT2D eigenvalue weighted by molar-refractivity contribution is -0.263. The predicted molar refractivity (Wildman–Crippen MR) is 97.5 cm³/mol. The minimum atomic E-state index is -4.98. The quantitative estimate of drug-likeness (QED) is 0.713. The van der Waals surface area contributed by atoms with Crippen LogP contribution in [0.15, 0.2) is 48.5 Å². The second-order valence-electron chi connectivity index (χ2n) is 5.93. The molecule has 1 atom stereocenters. The van der Waals surface area contributed by atoms with Gasteiger partial charge in [-0.25, -0.2) is 0 Å². The third-order valence-electron chi connectivity index (χ3n) is 4.03. The molecule has 1 unspecified atom stereocenters. The van der Waals surface area contributed by atoms with Gasteiger partial charge in [-0.2, -0.15) is 13.2 Å². The van der Waals surface area contributed by atoms with Crippen LogP contribution in [0, 0.1) is 0 Å². The Labute approximate surface area is 161 Å². The van der Waals surface area contributed by atoms with Crippen molar-refractivity contribution in [2.45, 2.75) is 25.6 Å². The van der Waals surface area contributed by atoms with E-state index in [1.165, 1.54) is 36.4 Å². The second-order valence-corrected chi connectivity index (χ2v) is 5.93. The number of amides is 1.